The molecule has 0 saturated heterocycles. The van der Waals surface area contributed by atoms with Crippen LogP contribution in [0.1, 0.15) is 65.9 Å². The van der Waals surface area contributed by atoms with Gasteiger partial charge in [-0.15, -0.1) is 0 Å². The van der Waals surface area contributed by atoms with Crippen molar-refractivity contribution in [2.45, 2.75) is 73.0 Å². The summed E-state index contributed by atoms with van der Waals surface area (Å²) in [5.41, 5.74) is -0.596. The van der Waals surface area contributed by atoms with Gasteiger partial charge in [-0.1, -0.05) is 57.0 Å². The van der Waals surface area contributed by atoms with Crippen LogP contribution >= 0.6 is 0 Å². The van der Waals surface area contributed by atoms with E-state index in [1.165, 1.54) is 20.8 Å². The van der Waals surface area contributed by atoms with Crippen molar-refractivity contribution in [3.63, 3.8) is 0 Å². The maximum Gasteiger partial charge on any atom is 0.319 e. The number of hydrogen-bond donors (Lipinski definition) is 2. The Balaban J connectivity index is 2.41. The Morgan fingerprint density at radius 3 is 2.23 bits per heavy atom. The number of nitrogens with one attached hydrogen (secondary N) is 2. The van der Waals surface area contributed by atoms with Crippen molar-refractivity contribution in [2.75, 3.05) is 6.54 Å². The van der Waals surface area contributed by atoms with Crippen molar-refractivity contribution in [3.8, 4) is 0 Å². The fourth-order valence-corrected chi connectivity index (χ4v) is 3.01. The number of ketones is 1. The Bertz CT molecular complexity index is 744. The molecule has 0 aliphatic rings. The quantitative estimate of drug-likeness (QED) is 0.283. The molecule has 0 aliphatic heterocycles. The lowest BCUT2D eigenvalue weighted by molar-refractivity contribution is -0.160. The second kappa shape index (κ2) is 12.9. The van der Waals surface area contributed by atoms with Crippen LogP contribution in [0.3, 0.4) is 0 Å². The van der Waals surface area contributed by atoms with Crippen molar-refractivity contribution in [1.82, 2.24) is 10.6 Å². The average Bonchev–Trinajstić information content (AvgIpc) is 2.73. The Morgan fingerprint density at radius 2 is 1.61 bits per heavy atom. The summed E-state index contributed by atoms with van der Waals surface area (Å²) in [5, 5.41) is 5.10. The fourth-order valence-electron chi connectivity index (χ4n) is 3.01. The second-order valence-corrected chi connectivity index (χ2v) is 8.76. The number of Topliss-reactive ketones (excluding diaryl/α,β-unsaturated/α-hetero) is 1. The SMILES string of the molecule is CC(C)CCCCC(=O)NCC(=O)NC(C)C(=O)C(C)(C)C(=O)OCc1ccccc1. The van der Waals surface area contributed by atoms with Crippen molar-refractivity contribution in [3.05, 3.63) is 35.9 Å². The van der Waals surface area contributed by atoms with E-state index in [9.17, 15) is 19.2 Å². The molecule has 0 aliphatic carbocycles. The van der Waals surface area contributed by atoms with Gasteiger partial charge in [-0.2, -0.15) is 0 Å². The number of carbonyl (C=O) groups is 4. The Hall–Kier alpha value is -2.70. The minimum atomic E-state index is -1.42. The van der Waals surface area contributed by atoms with Crippen LogP contribution in [0.5, 0.6) is 0 Å². The first kappa shape index (κ1) is 26.3. The predicted molar refractivity (Wildman–Crippen MR) is 119 cm³/mol. The predicted octanol–water partition coefficient (Wildman–Crippen LogP) is 3.16. The molecule has 1 atom stereocenters. The fraction of sp³-hybridized carbons (Fsp3) is 0.583. The zero-order valence-corrected chi connectivity index (χ0v) is 19.3. The summed E-state index contributed by atoms with van der Waals surface area (Å²) in [6.45, 7) is 8.60. The van der Waals surface area contributed by atoms with Crippen LogP contribution in [-0.2, 0) is 30.5 Å². The Morgan fingerprint density at radius 1 is 0.968 bits per heavy atom. The molecule has 1 unspecified atom stereocenters. The van der Waals surface area contributed by atoms with E-state index in [0.717, 1.165) is 24.8 Å². The van der Waals surface area contributed by atoms with Gasteiger partial charge in [-0.05, 0) is 38.7 Å². The Labute approximate surface area is 185 Å². The van der Waals surface area contributed by atoms with Crippen molar-refractivity contribution >= 4 is 23.6 Å². The Kier molecular flexibility index (Phi) is 10.9. The molecule has 1 aromatic carbocycles. The lowest BCUT2D eigenvalue weighted by Crippen LogP contribution is -2.50. The van der Waals surface area contributed by atoms with E-state index in [2.05, 4.69) is 24.5 Å². The van der Waals surface area contributed by atoms with Gasteiger partial charge in [0, 0.05) is 6.42 Å². The van der Waals surface area contributed by atoms with Crippen molar-refractivity contribution in [2.24, 2.45) is 11.3 Å². The number of carbonyl (C=O) groups excluding carboxylic acids is 4. The standard InChI is InChI=1S/C24H36N2O5/c1-17(2)11-9-10-14-20(27)25-15-21(28)26-18(3)22(29)24(4,5)23(30)31-16-19-12-7-6-8-13-19/h6-8,12-13,17-18H,9-11,14-16H2,1-5H3,(H,25,27)(H,26,28). The van der Waals surface area contributed by atoms with E-state index < -0.39 is 29.1 Å². The van der Waals surface area contributed by atoms with Crippen LogP contribution < -0.4 is 10.6 Å². The van der Waals surface area contributed by atoms with Crippen LogP contribution in [0.2, 0.25) is 0 Å². The highest BCUT2D eigenvalue weighted by Crippen LogP contribution is 2.21. The molecule has 0 aromatic heterocycles. The number of esters is 1. The molecule has 1 aromatic rings. The molecular weight excluding hydrogens is 396 g/mol. The zero-order chi connectivity index (χ0) is 23.4. The topological polar surface area (TPSA) is 102 Å². The second-order valence-electron chi connectivity index (χ2n) is 8.76. The lowest BCUT2D eigenvalue weighted by Gasteiger charge is -2.25. The van der Waals surface area contributed by atoms with Gasteiger partial charge in [-0.3, -0.25) is 19.2 Å². The highest BCUT2D eigenvalue weighted by molar-refractivity contribution is 6.06. The normalized spacial score (nSPS) is 12.2. The summed E-state index contributed by atoms with van der Waals surface area (Å²) in [7, 11) is 0. The van der Waals surface area contributed by atoms with Crippen molar-refractivity contribution in [1.29, 1.82) is 0 Å². The van der Waals surface area contributed by atoms with Gasteiger partial charge < -0.3 is 15.4 Å². The third-order valence-corrected chi connectivity index (χ3v) is 4.99. The molecule has 7 nitrogen and oxygen atoms in total. The number of ether oxygens (including phenoxy) is 1. The number of benzene rings is 1. The third-order valence-electron chi connectivity index (χ3n) is 4.99. The molecule has 1 rings (SSSR count). The minimum Gasteiger partial charge on any atom is -0.460 e. The molecular formula is C24H36N2O5. The van der Waals surface area contributed by atoms with E-state index in [4.69, 9.17) is 4.74 Å². The highest BCUT2D eigenvalue weighted by atomic mass is 16.5. The van der Waals surface area contributed by atoms with E-state index in [-0.39, 0.29) is 19.1 Å². The molecule has 0 heterocycles. The van der Waals surface area contributed by atoms with Crippen LogP contribution in [0.15, 0.2) is 30.3 Å². The molecule has 0 radical (unpaired) electrons. The van der Waals surface area contributed by atoms with Gasteiger partial charge in [0.1, 0.15) is 12.0 Å². The monoisotopic (exact) mass is 432 g/mol. The van der Waals surface area contributed by atoms with E-state index >= 15 is 0 Å². The van der Waals surface area contributed by atoms with Gasteiger partial charge in [0.15, 0.2) is 5.78 Å². The van der Waals surface area contributed by atoms with E-state index in [0.29, 0.717) is 12.3 Å². The molecule has 7 heteroatoms. The van der Waals surface area contributed by atoms with Crippen LogP contribution in [0, 0.1) is 11.3 Å². The van der Waals surface area contributed by atoms with Gasteiger partial charge in [-0.25, -0.2) is 0 Å². The summed E-state index contributed by atoms with van der Waals surface area (Å²) in [6, 6.07) is 8.28. The van der Waals surface area contributed by atoms with Gasteiger partial charge in [0.2, 0.25) is 11.8 Å². The van der Waals surface area contributed by atoms with E-state index in [1.807, 2.05) is 30.3 Å². The van der Waals surface area contributed by atoms with Gasteiger partial charge in [0.25, 0.3) is 0 Å². The highest BCUT2D eigenvalue weighted by Gasteiger charge is 2.40. The largest absolute Gasteiger partial charge is 0.460 e. The number of hydrogen-bond acceptors (Lipinski definition) is 5. The smallest absolute Gasteiger partial charge is 0.319 e. The molecule has 0 bridgehead atoms. The summed E-state index contributed by atoms with van der Waals surface area (Å²) in [5.74, 6) is -1.18. The third kappa shape index (κ3) is 9.77. The maximum absolute atomic E-state index is 12.7. The summed E-state index contributed by atoms with van der Waals surface area (Å²) in [4.78, 5) is 49.1. The van der Waals surface area contributed by atoms with Crippen molar-refractivity contribution < 1.29 is 23.9 Å². The zero-order valence-electron chi connectivity index (χ0n) is 19.3. The molecule has 0 spiro atoms. The minimum absolute atomic E-state index is 0.0698. The maximum atomic E-state index is 12.7. The van der Waals surface area contributed by atoms with Crippen LogP contribution in [0.25, 0.3) is 0 Å². The first-order valence-electron chi connectivity index (χ1n) is 10.9. The van der Waals surface area contributed by atoms with E-state index in [1.54, 1.807) is 0 Å². The summed E-state index contributed by atoms with van der Waals surface area (Å²) < 4.78 is 5.28. The van der Waals surface area contributed by atoms with Crippen LogP contribution in [-0.4, -0.2) is 36.2 Å². The average molecular weight is 433 g/mol. The first-order chi connectivity index (χ1) is 14.5. The molecule has 2 amide bonds. The first-order valence-corrected chi connectivity index (χ1v) is 10.9. The summed E-state index contributed by atoms with van der Waals surface area (Å²) in [6.07, 6.45) is 3.18. The molecule has 31 heavy (non-hydrogen) atoms. The molecule has 172 valence electrons. The molecule has 0 saturated carbocycles. The molecule has 0 fully saturated rings. The lowest BCUT2D eigenvalue weighted by atomic mass is 9.84. The van der Waals surface area contributed by atoms with Crippen LogP contribution in [0.4, 0.5) is 0 Å². The van der Waals surface area contributed by atoms with Gasteiger partial charge in [0.05, 0.1) is 12.6 Å². The summed E-state index contributed by atoms with van der Waals surface area (Å²) >= 11 is 0. The number of rotatable bonds is 13. The molecule has 2 N–H and O–H groups in total. The number of unbranched alkanes of at least 4 members (excludes halogenated alkanes) is 1. The van der Waals surface area contributed by atoms with Gasteiger partial charge >= 0.3 is 5.97 Å². The number of amides is 2.